The van der Waals surface area contributed by atoms with E-state index in [1.54, 1.807) is 30.3 Å². The maximum Gasteiger partial charge on any atom is 0.387 e. The van der Waals surface area contributed by atoms with Gasteiger partial charge in [0.1, 0.15) is 5.52 Å². The highest BCUT2D eigenvalue weighted by atomic mass is 19.3. The Morgan fingerprint density at radius 2 is 1.63 bits per heavy atom. The summed E-state index contributed by atoms with van der Waals surface area (Å²) in [5.74, 6) is 1.26. The molecule has 2 aromatic carbocycles. The van der Waals surface area contributed by atoms with Gasteiger partial charge in [-0.2, -0.15) is 8.78 Å². The van der Waals surface area contributed by atoms with Gasteiger partial charge in [-0.25, -0.2) is 9.37 Å². The number of rotatable bonds is 7. The normalized spacial score (nSPS) is 25.3. The molecule has 2 saturated carbocycles. The average Bonchev–Trinajstić information content (AvgIpc) is 3.30. The van der Waals surface area contributed by atoms with Gasteiger partial charge in [0, 0.05) is 5.56 Å². The molecule has 0 aliphatic heterocycles. The van der Waals surface area contributed by atoms with Crippen LogP contribution in [-0.2, 0) is 0 Å². The molecule has 0 N–H and O–H groups in total. The van der Waals surface area contributed by atoms with E-state index >= 15 is 4.39 Å². The minimum Gasteiger partial charge on any atom is -0.436 e. The van der Waals surface area contributed by atoms with Crippen molar-refractivity contribution >= 4 is 11.1 Å². The number of hydrogen-bond donors (Lipinski definition) is 0. The van der Waals surface area contributed by atoms with E-state index in [1.165, 1.54) is 38.5 Å². The van der Waals surface area contributed by atoms with Gasteiger partial charge in [0.15, 0.2) is 17.1 Å². The van der Waals surface area contributed by atoms with Crippen LogP contribution in [0.5, 0.6) is 5.75 Å². The lowest BCUT2D eigenvalue weighted by Gasteiger charge is -2.38. The van der Waals surface area contributed by atoms with Gasteiger partial charge in [-0.15, -0.1) is 0 Å². The smallest absolute Gasteiger partial charge is 0.387 e. The molecule has 0 spiro atoms. The van der Waals surface area contributed by atoms with Crippen molar-refractivity contribution in [2.45, 2.75) is 83.7 Å². The zero-order valence-electron chi connectivity index (χ0n) is 20.3. The zero-order chi connectivity index (χ0) is 24.4. The van der Waals surface area contributed by atoms with E-state index in [-0.39, 0.29) is 23.1 Å². The molecule has 35 heavy (non-hydrogen) atoms. The van der Waals surface area contributed by atoms with Crippen LogP contribution in [-0.4, -0.2) is 11.6 Å². The number of nitrogens with zero attached hydrogens (tertiary/aromatic N) is 1. The summed E-state index contributed by atoms with van der Waals surface area (Å²) in [5.41, 5.74) is 1.68. The van der Waals surface area contributed by atoms with Crippen molar-refractivity contribution in [3.8, 4) is 17.2 Å². The molecule has 0 unspecified atom stereocenters. The summed E-state index contributed by atoms with van der Waals surface area (Å²) in [6, 6.07) is 10.4. The highest BCUT2D eigenvalue weighted by Crippen LogP contribution is 2.47. The first-order chi connectivity index (χ1) is 17.0. The Morgan fingerprint density at radius 3 is 2.29 bits per heavy atom. The van der Waals surface area contributed by atoms with Gasteiger partial charge in [-0.3, -0.25) is 0 Å². The van der Waals surface area contributed by atoms with Gasteiger partial charge in [-0.1, -0.05) is 50.8 Å². The van der Waals surface area contributed by atoms with E-state index < -0.39 is 12.4 Å². The summed E-state index contributed by atoms with van der Waals surface area (Å²) in [4.78, 5) is 4.34. The Kier molecular flexibility index (Phi) is 7.35. The maximum absolute atomic E-state index is 15.6. The van der Waals surface area contributed by atoms with Crippen LogP contribution in [0.4, 0.5) is 13.2 Å². The fourth-order valence-electron chi connectivity index (χ4n) is 6.51. The number of alkyl halides is 2. The second-order valence-electron chi connectivity index (χ2n) is 10.4. The van der Waals surface area contributed by atoms with Crippen LogP contribution in [0, 0.1) is 23.6 Å². The topological polar surface area (TPSA) is 35.3 Å². The Morgan fingerprint density at radius 1 is 0.943 bits per heavy atom. The van der Waals surface area contributed by atoms with Gasteiger partial charge in [0.25, 0.3) is 0 Å². The summed E-state index contributed by atoms with van der Waals surface area (Å²) >= 11 is 0. The van der Waals surface area contributed by atoms with Crippen molar-refractivity contribution < 1.29 is 22.3 Å². The van der Waals surface area contributed by atoms with Gasteiger partial charge < -0.3 is 9.15 Å². The quantitative estimate of drug-likeness (QED) is 0.335. The number of oxazole rings is 1. The zero-order valence-corrected chi connectivity index (χ0v) is 20.3. The number of ether oxygens (including phenoxy) is 1. The lowest BCUT2D eigenvalue weighted by atomic mass is 9.68. The minimum absolute atomic E-state index is 0.0172. The summed E-state index contributed by atoms with van der Waals surface area (Å²) < 4.78 is 52.7. The molecule has 2 fully saturated rings. The van der Waals surface area contributed by atoms with Crippen molar-refractivity contribution in [1.29, 1.82) is 0 Å². The van der Waals surface area contributed by atoms with E-state index in [9.17, 15) is 8.78 Å². The molecule has 0 radical (unpaired) electrons. The van der Waals surface area contributed by atoms with Gasteiger partial charge in [0.05, 0.1) is 5.56 Å². The molecule has 188 valence electrons. The molecule has 1 aromatic heterocycles. The summed E-state index contributed by atoms with van der Waals surface area (Å²) in [6.45, 7) is -0.834. The maximum atomic E-state index is 15.6. The second-order valence-corrected chi connectivity index (χ2v) is 10.4. The first kappa shape index (κ1) is 24.2. The summed E-state index contributed by atoms with van der Waals surface area (Å²) in [6.07, 6.45) is 11.8. The molecule has 6 heteroatoms. The second kappa shape index (κ2) is 10.6. The van der Waals surface area contributed by atoms with Crippen LogP contribution in [0.25, 0.3) is 22.6 Å². The number of para-hydroxylation sites is 2. The standard InChI is InChI=1S/C29H34F3NO2/c1-2-5-18-8-10-19(11-9-18)20-12-14-21(15-13-20)22-16-17-23(26(30)27(22)35-29(31)32)28-33-24-6-3-4-7-25(24)34-28/h3-4,6-7,16-21,29H,2,5,8-15H2,1H3/t18-,19-,20?,21?. The number of fused-ring (bicyclic) bond motifs is 1. The molecule has 3 nitrogen and oxygen atoms in total. The summed E-state index contributed by atoms with van der Waals surface area (Å²) in [5, 5.41) is 0. The third-order valence-electron chi connectivity index (χ3n) is 8.33. The summed E-state index contributed by atoms with van der Waals surface area (Å²) in [7, 11) is 0. The number of aromatic nitrogens is 1. The molecule has 0 saturated heterocycles. The van der Waals surface area contributed by atoms with Gasteiger partial charge in [0.2, 0.25) is 5.89 Å². The monoisotopic (exact) mass is 485 g/mol. The van der Waals surface area contributed by atoms with Gasteiger partial charge in [-0.05, 0) is 80.4 Å². The van der Waals surface area contributed by atoms with Crippen molar-refractivity contribution in [2.75, 3.05) is 0 Å². The van der Waals surface area contributed by atoms with Gasteiger partial charge >= 0.3 is 6.61 Å². The number of benzene rings is 2. The molecule has 5 rings (SSSR count). The predicted molar refractivity (Wildman–Crippen MR) is 131 cm³/mol. The highest BCUT2D eigenvalue weighted by molar-refractivity contribution is 5.76. The average molecular weight is 486 g/mol. The Labute approximate surface area is 205 Å². The molecular weight excluding hydrogens is 451 g/mol. The van der Waals surface area contributed by atoms with E-state index in [0.717, 1.165) is 37.5 Å². The van der Waals surface area contributed by atoms with Crippen LogP contribution in [0.2, 0.25) is 0 Å². The molecule has 3 aromatic rings. The highest BCUT2D eigenvalue weighted by Gasteiger charge is 2.33. The third kappa shape index (κ3) is 5.22. The fourth-order valence-corrected chi connectivity index (χ4v) is 6.51. The van der Waals surface area contributed by atoms with E-state index in [1.807, 2.05) is 6.07 Å². The van der Waals surface area contributed by atoms with Crippen molar-refractivity contribution in [2.24, 2.45) is 17.8 Å². The third-order valence-corrected chi connectivity index (χ3v) is 8.33. The Bertz CT molecular complexity index is 1100. The van der Waals surface area contributed by atoms with E-state index in [4.69, 9.17) is 9.15 Å². The molecule has 0 atom stereocenters. The van der Waals surface area contributed by atoms with Crippen LogP contribution in [0.3, 0.4) is 0 Å². The first-order valence-corrected chi connectivity index (χ1v) is 13.2. The van der Waals surface area contributed by atoms with Crippen LogP contribution in [0.1, 0.15) is 82.6 Å². The van der Waals surface area contributed by atoms with Crippen LogP contribution >= 0.6 is 0 Å². The molecule has 0 bridgehead atoms. The molecule has 2 aliphatic rings. The Hall–Kier alpha value is -2.50. The first-order valence-electron chi connectivity index (χ1n) is 13.2. The van der Waals surface area contributed by atoms with E-state index in [2.05, 4.69) is 11.9 Å². The number of hydrogen-bond acceptors (Lipinski definition) is 3. The van der Waals surface area contributed by atoms with Crippen LogP contribution in [0.15, 0.2) is 40.8 Å². The molecule has 1 heterocycles. The molecule has 2 aliphatic carbocycles. The minimum atomic E-state index is -3.10. The SMILES string of the molecule is CCC[C@H]1CC[C@H](C2CCC(c3ccc(-c4nc5ccccc5o4)c(F)c3OC(F)F)CC2)CC1. The lowest BCUT2D eigenvalue weighted by molar-refractivity contribution is -0.0531. The van der Waals surface area contributed by atoms with Crippen LogP contribution < -0.4 is 4.74 Å². The lowest BCUT2D eigenvalue weighted by Crippen LogP contribution is -2.25. The van der Waals surface area contributed by atoms with Crippen molar-refractivity contribution in [1.82, 2.24) is 4.98 Å². The number of halogens is 3. The van der Waals surface area contributed by atoms with Crippen molar-refractivity contribution in [3.05, 3.63) is 47.8 Å². The van der Waals surface area contributed by atoms with E-state index in [0.29, 0.717) is 22.6 Å². The fraction of sp³-hybridized carbons (Fsp3) is 0.552. The van der Waals surface area contributed by atoms with Crippen molar-refractivity contribution in [3.63, 3.8) is 0 Å². The predicted octanol–water partition coefficient (Wildman–Crippen LogP) is 9.12. The largest absolute Gasteiger partial charge is 0.436 e. The Balaban J connectivity index is 1.33. The molecule has 0 amide bonds. The molecular formula is C29H34F3NO2.